The molecule has 0 bridgehead atoms. The summed E-state index contributed by atoms with van der Waals surface area (Å²) in [7, 11) is 4.15. The van der Waals surface area contributed by atoms with E-state index in [1.54, 1.807) is 0 Å². The summed E-state index contributed by atoms with van der Waals surface area (Å²) in [4.78, 5) is 6.99. The van der Waals surface area contributed by atoms with Gasteiger partial charge in [-0.25, -0.2) is 4.98 Å². The normalized spacial score (nSPS) is 11.4. The molecule has 2 aromatic heterocycles. The summed E-state index contributed by atoms with van der Waals surface area (Å²) in [5, 5.41) is 0. The Hall–Kier alpha value is -2.33. The fourth-order valence-corrected chi connectivity index (χ4v) is 2.64. The molecule has 0 atom stereocenters. The van der Waals surface area contributed by atoms with Gasteiger partial charge in [0, 0.05) is 23.5 Å². The Labute approximate surface area is 124 Å². The second-order valence-corrected chi connectivity index (χ2v) is 5.63. The van der Waals surface area contributed by atoms with E-state index in [0.717, 1.165) is 29.1 Å². The van der Waals surface area contributed by atoms with E-state index in [9.17, 15) is 0 Å². The van der Waals surface area contributed by atoms with Crippen LogP contribution in [0, 0.1) is 6.92 Å². The Morgan fingerprint density at radius 1 is 1.10 bits per heavy atom. The Bertz CT molecular complexity index is 769. The fraction of sp³-hybridized carbons (Fsp3) is 0.235. The van der Waals surface area contributed by atoms with Crippen LogP contribution in [0.25, 0.3) is 16.9 Å². The maximum atomic E-state index is 5.79. The van der Waals surface area contributed by atoms with E-state index >= 15 is 0 Å². The summed E-state index contributed by atoms with van der Waals surface area (Å²) >= 11 is 0. The van der Waals surface area contributed by atoms with E-state index in [1.807, 2.05) is 36.4 Å². The Balaban J connectivity index is 2.26. The number of imidazole rings is 1. The number of nitrogens with two attached hydrogens (primary N) is 1. The highest BCUT2D eigenvalue weighted by atomic mass is 15.1. The minimum absolute atomic E-state index is 0.771. The van der Waals surface area contributed by atoms with Crippen molar-refractivity contribution in [2.45, 2.75) is 13.5 Å². The second-order valence-electron chi connectivity index (χ2n) is 5.63. The van der Waals surface area contributed by atoms with E-state index in [0.29, 0.717) is 0 Å². The molecule has 21 heavy (non-hydrogen) atoms. The highest BCUT2D eigenvalue weighted by Crippen LogP contribution is 2.27. The summed E-state index contributed by atoms with van der Waals surface area (Å²) in [6.07, 6.45) is 0. The number of nitrogens with zero attached hydrogens (tertiary/aromatic N) is 3. The first-order chi connectivity index (χ1) is 10.1. The highest BCUT2D eigenvalue weighted by molar-refractivity contribution is 5.68. The van der Waals surface area contributed by atoms with Crippen LogP contribution in [0.3, 0.4) is 0 Å². The summed E-state index contributed by atoms with van der Waals surface area (Å²) in [5.74, 6) is 0. The van der Waals surface area contributed by atoms with Crippen molar-refractivity contribution in [3.05, 3.63) is 53.9 Å². The number of anilines is 1. The van der Waals surface area contributed by atoms with Crippen molar-refractivity contribution in [2.75, 3.05) is 19.8 Å². The molecule has 0 fully saturated rings. The lowest BCUT2D eigenvalue weighted by atomic mass is 10.1. The first-order valence-electron chi connectivity index (χ1n) is 7.04. The predicted octanol–water partition coefficient (Wildman–Crippen LogP) is 2.95. The van der Waals surface area contributed by atoms with Crippen molar-refractivity contribution in [3.63, 3.8) is 0 Å². The van der Waals surface area contributed by atoms with E-state index in [-0.39, 0.29) is 0 Å². The molecule has 0 amide bonds. The lowest BCUT2D eigenvalue weighted by Crippen LogP contribution is -2.13. The molecule has 3 rings (SSSR count). The molecule has 0 unspecified atom stereocenters. The molecule has 4 heteroatoms. The standard InChI is InChI=1S/C17H20N4/c1-12-5-4-6-16-19-17(13-7-9-14(18)10-8-13)15(21(12)16)11-20(2)3/h4-10H,11,18H2,1-3H3. The third-order valence-electron chi connectivity index (χ3n) is 3.58. The van der Waals surface area contributed by atoms with Crippen molar-refractivity contribution < 1.29 is 0 Å². The van der Waals surface area contributed by atoms with Gasteiger partial charge in [0.05, 0.1) is 11.4 Å². The summed E-state index contributed by atoms with van der Waals surface area (Å²) in [6, 6.07) is 14.1. The molecule has 1 aromatic carbocycles. The van der Waals surface area contributed by atoms with Crippen molar-refractivity contribution in [3.8, 4) is 11.3 Å². The zero-order valence-corrected chi connectivity index (χ0v) is 12.7. The van der Waals surface area contributed by atoms with E-state index in [1.165, 1.54) is 11.4 Å². The van der Waals surface area contributed by atoms with Gasteiger partial charge >= 0.3 is 0 Å². The average Bonchev–Trinajstić information content (AvgIpc) is 2.79. The summed E-state index contributed by atoms with van der Waals surface area (Å²) in [6.45, 7) is 2.95. The smallest absolute Gasteiger partial charge is 0.137 e. The Morgan fingerprint density at radius 2 is 1.81 bits per heavy atom. The number of benzene rings is 1. The first kappa shape index (κ1) is 13.6. The minimum atomic E-state index is 0.771. The van der Waals surface area contributed by atoms with Crippen LogP contribution in [0.1, 0.15) is 11.4 Å². The van der Waals surface area contributed by atoms with Gasteiger partial charge in [0.15, 0.2) is 0 Å². The maximum Gasteiger partial charge on any atom is 0.137 e. The minimum Gasteiger partial charge on any atom is -0.399 e. The molecule has 0 aliphatic carbocycles. The largest absolute Gasteiger partial charge is 0.399 e. The lowest BCUT2D eigenvalue weighted by Gasteiger charge is -2.13. The SMILES string of the molecule is Cc1cccc2nc(-c3ccc(N)cc3)c(CN(C)C)n12. The van der Waals surface area contributed by atoms with Crippen molar-refractivity contribution in [1.29, 1.82) is 0 Å². The molecule has 108 valence electrons. The number of aryl methyl sites for hydroxylation is 1. The van der Waals surface area contributed by atoms with Crippen LogP contribution in [-0.4, -0.2) is 28.4 Å². The van der Waals surface area contributed by atoms with Crippen molar-refractivity contribution in [2.24, 2.45) is 0 Å². The van der Waals surface area contributed by atoms with E-state index in [2.05, 4.69) is 36.4 Å². The fourth-order valence-electron chi connectivity index (χ4n) is 2.64. The van der Waals surface area contributed by atoms with Gasteiger partial charge in [-0.05, 0) is 45.3 Å². The van der Waals surface area contributed by atoms with Crippen LogP contribution >= 0.6 is 0 Å². The molecule has 0 spiro atoms. The number of aromatic nitrogens is 2. The van der Waals surface area contributed by atoms with Gasteiger partial charge in [-0.15, -0.1) is 0 Å². The first-order valence-corrected chi connectivity index (χ1v) is 7.04. The monoisotopic (exact) mass is 280 g/mol. The van der Waals surface area contributed by atoms with Gasteiger partial charge in [0.25, 0.3) is 0 Å². The van der Waals surface area contributed by atoms with Crippen LogP contribution in [-0.2, 0) is 6.54 Å². The lowest BCUT2D eigenvalue weighted by molar-refractivity contribution is 0.396. The molecule has 0 radical (unpaired) electrons. The molecule has 0 saturated heterocycles. The van der Waals surface area contributed by atoms with Crippen LogP contribution in [0.5, 0.6) is 0 Å². The van der Waals surface area contributed by atoms with Crippen LogP contribution in [0.4, 0.5) is 5.69 Å². The highest BCUT2D eigenvalue weighted by Gasteiger charge is 2.15. The zero-order chi connectivity index (χ0) is 15.0. The average molecular weight is 280 g/mol. The van der Waals surface area contributed by atoms with Crippen molar-refractivity contribution >= 4 is 11.3 Å². The van der Waals surface area contributed by atoms with Crippen LogP contribution in [0.2, 0.25) is 0 Å². The number of nitrogen functional groups attached to an aromatic ring is 1. The van der Waals surface area contributed by atoms with Gasteiger partial charge in [0.2, 0.25) is 0 Å². The van der Waals surface area contributed by atoms with E-state index < -0.39 is 0 Å². The van der Waals surface area contributed by atoms with Crippen LogP contribution < -0.4 is 5.73 Å². The van der Waals surface area contributed by atoms with Crippen molar-refractivity contribution in [1.82, 2.24) is 14.3 Å². The third kappa shape index (κ3) is 2.50. The Morgan fingerprint density at radius 3 is 2.48 bits per heavy atom. The zero-order valence-electron chi connectivity index (χ0n) is 12.7. The van der Waals surface area contributed by atoms with Gasteiger partial charge in [-0.2, -0.15) is 0 Å². The molecule has 0 aliphatic rings. The van der Waals surface area contributed by atoms with Gasteiger partial charge in [0.1, 0.15) is 5.65 Å². The van der Waals surface area contributed by atoms with E-state index in [4.69, 9.17) is 10.7 Å². The van der Waals surface area contributed by atoms with Crippen LogP contribution in [0.15, 0.2) is 42.5 Å². The maximum absolute atomic E-state index is 5.79. The predicted molar refractivity (Wildman–Crippen MR) is 87.2 cm³/mol. The number of pyridine rings is 1. The molecule has 3 aromatic rings. The number of hydrogen-bond acceptors (Lipinski definition) is 3. The quantitative estimate of drug-likeness (QED) is 0.750. The van der Waals surface area contributed by atoms with Gasteiger partial charge < -0.3 is 10.6 Å². The molecule has 0 aliphatic heterocycles. The Kier molecular flexibility index (Phi) is 3.39. The summed E-state index contributed by atoms with van der Waals surface area (Å²) < 4.78 is 2.23. The molecule has 0 saturated carbocycles. The third-order valence-corrected chi connectivity index (χ3v) is 3.58. The topological polar surface area (TPSA) is 46.6 Å². The second kappa shape index (κ2) is 5.22. The molecule has 2 N–H and O–H groups in total. The van der Waals surface area contributed by atoms with Gasteiger partial charge in [-0.1, -0.05) is 18.2 Å². The molecule has 2 heterocycles. The molecular weight excluding hydrogens is 260 g/mol. The van der Waals surface area contributed by atoms with Gasteiger partial charge in [-0.3, -0.25) is 4.40 Å². The molecular formula is C17H20N4. The summed E-state index contributed by atoms with van der Waals surface area (Å²) in [5.41, 5.74) is 12.1. The number of hydrogen-bond donors (Lipinski definition) is 1. The number of fused-ring (bicyclic) bond motifs is 1. The molecule has 4 nitrogen and oxygen atoms in total. The number of rotatable bonds is 3.